The van der Waals surface area contributed by atoms with Gasteiger partial charge in [-0.3, -0.25) is 19.2 Å². The molecule has 5 aliphatic carbocycles. The van der Waals surface area contributed by atoms with Crippen molar-refractivity contribution in [3.05, 3.63) is 11.6 Å². The Bertz CT molecular complexity index is 1400. The van der Waals surface area contributed by atoms with E-state index >= 15 is 0 Å². The lowest BCUT2D eigenvalue weighted by Crippen LogP contribution is -2.69. The van der Waals surface area contributed by atoms with Crippen molar-refractivity contribution < 1.29 is 33.4 Å². The normalized spacial score (nSPS) is 45.7. The summed E-state index contributed by atoms with van der Waals surface area (Å²) in [7, 11) is 0. The number of nitrogens with one attached hydrogen (secondary N) is 1. The molecule has 9 heteroatoms. The topological polar surface area (TPSA) is 111 Å². The van der Waals surface area contributed by atoms with Crippen molar-refractivity contribution in [1.82, 2.24) is 10.2 Å². The summed E-state index contributed by atoms with van der Waals surface area (Å²) in [4.78, 5) is 54.4. The maximum atomic E-state index is 14.9. The number of nitrogens with zero attached hydrogens (tertiary/aromatic N) is 1. The average molecular weight is 697 g/mol. The number of hydrogen-bond donors (Lipinski definition) is 1. The molecule has 1 heterocycles. The van der Waals surface area contributed by atoms with Gasteiger partial charge in [-0.25, -0.2) is 0 Å². The number of ether oxygens (including phenoxy) is 3. The summed E-state index contributed by atoms with van der Waals surface area (Å²) in [6, 6.07) is 0. The van der Waals surface area contributed by atoms with E-state index in [0.717, 1.165) is 77.5 Å². The minimum absolute atomic E-state index is 0.0664. The first kappa shape index (κ1) is 37.3. The van der Waals surface area contributed by atoms with Gasteiger partial charge < -0.3 is 24.4 Å². The molecule has 6 aliphatic rings. The van der Waals surface area contributed by atoms with E-state index in [2.05, 4.69) is 57.8 Å². The van der Waals surface area contributed by atoms with Gasteiger partial charge in [-0.15, -0.1) is 0 Å². The van der Waals surface area contributed by atoms with Gasteiger partial charge in [0.1, 0.15) is 18.8 Å². The highest BCUT2D eigenvalue weighted by Gasteiger charge is 2.72. The van der Waals surface area contributed by atoms with Crippen molar-refractivity contribution in [2.45, 2.75) is 132 Å². The molecule has 1 amide bonds. The molecule has 12 atom stereocenters. The lowest BCUT2D eigenvalue weighted by Gasteiger charge is -2.72. The van der Waals surface area contributed by atoms with Gasteiger partial charge in [-0.2, -0.15) is 0 Å². The average Bonchev–Trinajstić information content (AvgIpc) is 3.33. The maximum Gasteiger partial charge on any atom is 0.303 e. The van der Waals surface area contributed by atoms with Gasteiger partial charge in [0.05, 0.1) is 5.41 Å². The predicted octanol–water partition coefficient (Wildman–Crippen LogP) is 6.48. The number of carbonyl (C=O) groups is 4. The SMILES string of the molecule is CC(=O)OC[C@@]1(C)[C@@H]2CC[C@]3(C)[C@H](CC=C4[C@@H]5[C@@H](C)[C@H](C)CC[C@]5(C(=O)N5CCCNCC5)CC[C@]43C)[C@@]2(C)C[C@@H](OC(C)=O)[C@@H]1OC(C)=O. The van der Waals surface area contributed by atoms with Crippen molar-refractivity contribution in [2.75, 3.05) is 32.8 Å². The third-order valence-electron chi connectivity index (χ3n) is 15.9. The van der Waals surface area contributed by atoms with Crippen LogP contribution in [-0.4, -0.2) is 73.7 Å². The molecule has 0 aromatic rings. The fourth-order valence-electron chi connectivity index (χ4n) is 13.3. The van der Waals surface area contributed by atoms with Crippen molar-refractivity contribution in [3.8, 4) is 0 Å². The van der Waals surface area contributed by atoms with E-state index in [9.17, 15) is 19.2 Å². The molecule has 0 unspecified atom stereocenters. The summed E-state index contributed by atoms with van der Waals surface area (Å²) in [5.74, 6) is 0.681. The number of amides is 1. The number of allylic oxidation sites excluding steroid dienone is 2. The highest BCUT2D eigenvalue weighted by Crippen LogP contribution is 2.76. The monoisotopic (exact) mass is 696 g/mol. The second-order valence-electron chi connectivity index (χ2n) is 18.4. The Morgan fingerprint density at radius 2 is 1.58 bits per heavy atom. The Morgan fingerprint density at radius 1 is 0.860 bits per heavy atom. The van der Waals surface area contributed by atoms with Crippen LogP contribution in [0.1, 0.15) is 120 Å². The number of hydrogen-bond acceptors (Lipinski definition) is 8. The van der Waals surface area contributed by atoms with Gasteiger partial charge in [0.2, 0.25) is 5.91 Å². The van der Waals surface area contributed by atoms with Gasteiger partial charge in [-0.1, -0.05) is 53.2 Å². The Balaban J connectivity index is 1.43. The molecule has 1 saturated heterocycles. The number of carbonyl (C=O) groups excluding carboxylic acids is 4. The van der Waals surface area contributed by atoms with Crippen molar-refractivity contribution >= 4 is 23.8 Å². The zero-order valence-electron chi connectivity index (χ0n) is 32.3. The maximum absolute atomic E-state index is 14.9. The summed E-state index contributed by atoms with van der Waals surface area (Å²) in [6.45, 7) is 22.0. The first-order valence-corrected chi connectivity index (χ1v) is 19.6. The second-order valence-corrected chi connectivity index (χ2v) is 18.4. The van der Waals surface area contributed by atoms with Crippen LogP contribution >= 0.6 is 0 Å². The van der Waals surface area contributed by atoms with Gasteiger partial charge in [0.25, 0.3) is 0 Å². The fourth-order valence-corrected chi connectivity index (χ4v) is 13.3. The lowest BCUT2D eigenvalue weighted by atomic mass is 9.33. The Kier molecular flexibility index (Phi) is 9.87. The molecule has 0 bridgehead atoms. The van der Waals surface area contributed by atoms with Crippen LogP contribution in [0.4, 0.5) is 0 Å². The molecular weight excluding hydrogens is 632 g/mol. The predicted molar refractivity (Wildman–Crippen MR) is 190 cm³/mol. The van der Waals surface area contributed by atoms with Crippen LogP contribution in [0.25, 0.3) is 0 Å². The Hall–Kier alpha value is -2.42. The molecule has 0 aromatic heterocycles. The van der Waals surface area contributed by atoms with Gasteiger partial charge >= 0.3 is 17.9 Å². The summed E-state index contributed by atoms with van der Waals surface area (Å²) >= 11 is 0. The van der Waals surface area contributed by atoms with Crippen LogP contribution in [-0.2, 0) is 33.4 Å². The molecular formula is C41H64N2O7. The quantitative estimate of drug-likeness (QED) is 0.198. The molecule has 6 rings (SSSR count). The van der Waals surface area contributed by atoms with Crippen LogP contribution < -0.4 is 5.32 Å². The summed E-state index contributed by atoms with van der Waals surface area (Å²) in [6.07, 6.45) is 9.49. The molecule has 1 aliphatic heterocycles. The summed E-state index contributed by atoms with van der Waals surface area (Å²) in [5.41, 5.74) is -0.0323. The molecule has 4 saturated carbocycles. The van der Waals surface area contributed by atoms with E-state index in [-0.39, 0.29) is 52.0 Å². The minimum Gasteiger partial charge on any atom is -0.465 e. The molecule has 5 fully saturated rings. The van der Waals surface area contributed by atoms with Crippen LogP contribution in [0.5, 0.6) is 0 Å². The van der Waals surface area contributed by atoms with E-state index in [1.807, 2.05) is 0 Å². The zero-order valence-corrected chi connectivity index (χ0v) is 32.3. The third-order valence-corrected chi connectivity index (χ3v) is 15.9. The van der Waals surface area contributed by atoms with E-state index in [0.29, 0.717) is 24.2 Å². The standard InChI is InChI=1S/C41H64N2O7/c1-25-13-16-41(36(47)43-21-10-19-42-20-22-43)18-17-39(8)30(34(41)26(25)2)11-12-33-37(6)23-31(49-28(4)45)35(50-29(5)46)38(7,24-48-27(3)44)32(37)14-15-40(33,39)9/h11,25-26,31-35,42H,10,12-24H2,1-9H3/t25-,26+,31-,32-,33-,34+,35+,37+,38+,39-,40-,41+/m1/s1. The van der Waals surface area contributed by atoms with Crippen molar-refractivity contribution in [1.29, 1.82) is 0 Å². The smallest absolute Gasteiger partial charge is 0.303 e. The van der Waals surface area contributed by atoms with E-state index in [4.69, 9.17) is 14.2 Å². The number of fused-ring (bicyclic) bond motifs is 7. The molecule has 1 N–H and O–H groups in total. The fraction of sp³-hybridized carbons (Fsp3) is 0.854. The van der Waals surface area contributed by atoms with Gasteiger partial charge in [-0.05, 0) is 110 Å². The Morgan fingerprint density at radius 3 is 2.26 bits per heavy atom. The largest absolute Gasteiger partial charge is 0.465 e. The number of rotatable bonds is 5. The molecule has 50 heavy (non-hydrogen) atoms. The highest BCUT2D eigenvalue weighted by atomic mass is 16.6. The van der Waals surface area contributed by atoms with E-state index in [1.165, 1.54) is 26.3 Å². The minimum atomic E-state index is -0.750. The van der Waals surface area contributed by atoms with E-state index in [1.54, 1.807) is 0 Å². The number of esters is 3. The lowest BCUT2D eigenvalue weighted by molar-refractivity contribution is -0.256. The van der Waals surface area contributed by atoms with Crippen LogP contribution in [0, 0.1) is 56.7 Å². The first-order valence-electron chi connectivity index (χ1n) is 19.6. The second kappa shape index (κ2) is 13.2. The molecule has 280 valence electrons. The molecule has 0 radical (unpaired) electrons. The van der Waals surface area contributed by atoms with Gasteiger partial charge in [0.15, 0.2) is 0 Å². The van der Waals surface area contributed by atoms with Crippen LogP contribution in [0.15, 0.2) is 11.6 Å². The molecule has 9 nitrogen and oxygen atoms in total. The van der Waals surface area contributed by atoms with Crippen molar-refractivity contribution in [3.63, 3.8) is 0 Å². The van der Waals surface area contributed by atoms with Gasteiger partial charge in [0, 0.05) is 45.8 Å². The highest BCUT2D eigenvalue weighted by molar-refractivity contribution is 5.84. The van der Waals surface area contributed by atoms with Crippen LogP contribution in [0.3, 0.4) is 0 Å². The Labute approximate surface area is 300 Å². The molecule has 0 spiro atoms. The summed E-state index contributed by atoms with van der Waals surface area (Å²) in [5, 5.41) is 3.50. The first-order chi connectivity index (χ1) is 23.4. The van der Waals surface area contributed by atoms with E-state index < -0.39 is 29.6 Å². The third kappa shape index (κ3) is 5.65. The molecule has 0 aromatic carbocycles. The van der Waals surface area contributed by atoms with Crippen molar-refractivity contribution in [2.24, 2.45) is 56.7 Å². The summed E-state index contributed by atoms with van der Waals surface area (Å²) < 4.78 is 17.8. The zero-order chi connectivity index (χ0) is 36.4. The van der Waals surface area contributed by atoms with Crippen LogP contribution in [0.2, 0.25) is 0 Å².